The van der Waals surface area contributed by atoms with E-state index in [1.165, 1.54) is 6.07 Å². The van der Waals surface area contributed by atoms with Gasteiger partial charge in [-0.25, -0.2) is 4.39 Å². The lowest BCUT2D eigenvalue weighted by Crippen LogP contribution is -2.48. The summed E-state index contributed by atoms with van der Waals surface area (Å²) in [6.07, 6.45) is 2.63. The Morgan fingerprint density at radius 1 is 1.52 bits per heavy atom. The van der Waals surface area contributed by atoms with Crippen molar-refractivity contribution in [3.8, 4) is 0 Å². The van der Waals surface area contributed by atoms with Crippen LogP contribution in [0.4, 0.5) is 4.39 Å². The third kappa shape index (κ3) is 4.22. The number of methoxy groups -OCH3 is 1. The molecule has 0 amide bonds. The summed E-state index contributed by atoms with van der Waals surface area (Å²) in [6, 6.07) is 2.88. The Morgan fingerprint density at radius 3 is 2.90 bits per heavy atom. The largest absolute Gasteiger partial charge is 0.386 e. The van der Waals surface area contributed by atoms with Gasteiger partial charge in [0.2, 0.25) is 0 Å². The standard InChI is InChI=1S/C16H25FN2O2/c1-12(15(20)14-6-5-13(17)9-18-14)10-19-8-4-7-16(2,11-19)21-3/h5-6,9,12,15,20H,4,7-8,10-11H2,1-3H3. The zero-order chi connectivity index (χ0) is 15.5. The van der Waals surface area contributed by atoms with E-state index in [9.17, 15) is 9.50 Å². The molecule has 0 bridgehead atoms. The highest BCUT2D eigenvalue weighted by molar-refractivity contribution is 5.09. The van der Waals surface area contributed by atoms with E-state index in [0.29, 0.717) is 5.69 Å². The molecule has 4 nitrogen and oxygen atoms in total. The first-order valence-electron chi connectivity index (χ1n) is 7.50. The molecule has 1 N–H and O–H groups in total. The number of hydrogen-bond donors (Lipinski definition) is 1. The smallest absolute Gasteiger partial charge is 0.141 e. The van der Waals surface area contributed by atoms with E-state index in [2.05, 4.69) is 16.8 Å². The Balaban J connectivity index is 1.94. The summed E-state index contributed by atoms with van der Waals surface area (Å²) >= 11 is 0. The van der Waals surface area contributed by atoms with Gasteiger partial charge in [-0.3, -0.25) is 4.98 Å². The van der Waals surface area contributed by atoms with E-state index < -0.39 is 6.10 Å². The number of aliphatic hydroxyl groups excluding tert-OH is 1. The lowest BCUT2D eigenvalue weighted by atomic mass is 9.93. The number of hydrogen-bond acceptors (Lipinski definition) is 4. The van der Waals surface area contributed by atoms with E-state index in [1.54, 1.807) is 13.2 Å². The lowest BCUT2D eigenvalue weighted by molar-refractivity contribution is -0.0577. The van der Waals surface area contributed by atoms with Crippen LogP contribution < -0.4 is 0 Å². The molecule has 21 heavy (non-hydrogen) atoms. The van der Waals surface area contributed by atoms with Crippen molar-refractivity contribution in [2.75, 3.05) is 26.7 Å². The Morgan fingerprint density at radius 2 is 2.29 bits per heavy atom. The zero-order valence-electron chi connectivity index (χ0n) is 13.1. The maximum absolute atomic E-state index is 12.9. The number of pyridine rings is 1. The number of rotatable bonds is 5. The van der Waals surface area contributed by atoms with Crippen LogP contribution in [-0.4, -0.2) is 47.3 Å². The molecule has 3 atom stereocenters. The summed E-state index contributed by atoms with van der Waals surface area (Å²) in [5.41, 5.74) is 0.423. The highest BCUT2D eigenvalue weighted by Gasteiger charge is 2.32. The molecule has 118 valence electrons. The first-order chi connectivity index (χ1) is 9.93. The molecule has 1 aromatic rings. The summed E-state index contributed by atoms with van der Waals surface area (Å²) in [7, 11) is 1.75. The van der Waals surface area contributed by atoms with Gasteiger partial charge in [-0.2, -0.15) is 0 Å². The maximum Gasteiger partial charge on any atom is 0.141 e. The van der Waals surface area contributed by atoms with Crippen molar-refractivity contribution in [3.63, 3.8) is 0 Å². The molecule has 2 heterocycles. The van der Waals surface area contributed by atoms with Gasteiger partial charge >= 0.3 is 0 Å². The van der Waals surface area contributed by atoms with Gasteiger partial charge in [-0.05, 0) is 38.4 Å². The van der Waals surface area contributed by atoms with Crippen LogP contribution in [0, 0.1) is 11.7 Å². The Hall–Kier alpha value is -1.04. The summed E-state index contributed by atoms with van der Waals surface area (Å²) < 4.78 is 18.5. The molecule has 1 fully saturated rings. The predicted octanol–water partition coefficient (Wildman–Crippen LogP) is 2.39. The number of piperidine rings is 1. The number of aliphatic hydroxyl groups is 1. The third-order valence-electron chi connectivity index (χ3n) is 4.37. The monoisotopic (exact) mass is 296 g/mol. The SMILES string of the molecule is COC1(C)CCCN(CC(C)C(O)c2ccc(F)cn2)C1. The van der Waals surface area contributed by atoms with E-state index in [0.717, 1.165) is 38.7 Å². The van der Waals surface area contributed by atoms with Crippen LogP contribution in [0.15, 0.2) is 18.3 Å². The molecule has 0 radical (unpaired) electrons. The Bertz CT molecular complexity index is 454. The maximum atomic E-state index is 12.9. The Kier molecular flexibility index (Phi) is 5.30. The average Bonchev–Trinajstić information content (AvgIpc) is 2.47. The molecule has 0 spiro atoms. The molecule has 3 unspecified atom stereocenters. The molecule has 1 aromatic heterocycles. The quantitative estimate of drug-likeness (QED) is 0.906. The molecule has 1 aliphatic rings. The van der Waals surface area contributed by atoms with Crippen LogP contribution in [0.25, 0.3) is 0 Å². The summed E-state index contributed by atoms with van der Waals surface area (Å²) in [4.78, 5) is 6.29. The predicted molar refractivity (Wildman–Crippen MR) is 79.4 cm³/mol. The second-order valence-corrected chi connectivity index (χ2v) is 6.32. The van der Waals surface area contributed by atoms with Crippen LogP contribution in [0.5, 0.6) is 0 Å². The third-order valence-corrected chi connectivity index (χ3v) is 4.37. The molecule has 0 saturated carbocycles. The van der Waals surface area contributed by atoms with Crippen molar-refractivity contribution < 1.29 is 14.2 Å². The van der Waals surface area contributed by atoms with Crippen LogP contribution in [-0.2, 0) is 4.74 Å². The minimum atomic E-state index is -0.679. The number of nitrogens with zero attached hydrogens (tertiary/aromatic N) is 2. The summed E-state index contributed by atoms with van der Waals surface area (Å²) in [5, 5.41) is 10.4. The molecule has 0 aromatic carbocycles. The van der Waals surface area contributed by atoms with E-state index in [4.69, 9.17) is 4.74 Å². The van der Waals surface area contributed by atoms with Crippen molar-refractivity contribution >= 4 is 0 Å². The molecular weight excluding hydrogens is 271 g/mol. The second-order valence-electron chi connectivity index (χ2n) is 6.32. The fourth-order valence-electron chi connectivity index (χ4n) is 2.99. The second kappa shape index (κ2) is 6.81. The topological polar surface area (TPSA) is 45.6 Å². The fourth-order valence-corrected chi connectivity index (χ4v) is 2.99. The zero-order valence-corrected chi connectivity index (χ0v) is 13.1. The number of likely N-dealkylation sites (tertiary alicyclic amines) is 1. The molecule has 1 aliphatic heterocycles. The highest BCUT2D eigenvalue weighted by Crippen LogP contribution is 2.27. The molecule has 1 saturated heterocycles. The van der Waals surface area contributed by atoms with Crippen molar-refractivity contribution in [3.05, 3.63) is 29.8 Å². The van der Waals surface area contributed by atoms with Crippen LogP contribution >= 0.6 is 0 Å². The number of aromatic nitrogens is 1. The van der Waals surface area contributed by atoms with Crippen LogP contribution in [0.2, 0.25) is 0 Å². The minimum absolute atomic E-state index is 0.0298. The van der Waals surface area contributed by atoms with Gasteiger partial charge in [0.15, 0.2) is 0 Å². The van der Waals surface area contributed by atoms with Crippen molar-refractivity contribution in [2.45, 2.75) is 38.4 Å². The van der Waals surface area contributed by atoms with Crippen molar-refractivity contribution in [1.82, 2.24) is 9.88 Å². The van der Waals surface area contributed by atoms with Gasteiger partial charge in [0.05, 0.1) is 23.6 Å². The van der Waals surface area contributed by atoms with Gasteiger partial charge in [-0.1, -0.05) is 6.92 Å². The Labute approximate surface area is 125 Å². The van der Waals surface area contributed by atoms with Gasteiger partial charge in [0.25, 0.3) is 0 Å². The van der Waals surface area contributed by atoms with E-state index in [1.807, 2.05) is 6.92 Å². The molecule has 0 aliphatic carbocycles. The number of ether oxygens (including phenoxy) is 1. The highest BCUT2D eigenvalue weighted by atomic mass is 19.1. The summed E-state index contributed by atoms with van der Waals surface area (Å²) in [5.74, 6) is -0.354. The minimum Gasteiger partial charge on any atom is -0.386 e. The van der Waals surface area contributed by atoms with Gasteiger partial charge < -0.3 is 14.7 Å². The first kappa shape index (κ1) is 16.3. The van der Waals surface area contributed by atoms with Gasteiger partial charge in [0.1, 0.15) is 5.82 Å². The summed E-state index contributed by atoms with van der Waals surface area (Å²) in [6.45, 7) is 6.79. The van der Waals surface area contributed by atoms with Crippen LogP contribution in [0.3, 0.4) is 0 Å². The van der Waals surface area contributed by atoms with E-state index >= 15 is 0 Å². The van der Waals surface area contributed by atoms with Crippen LogP contribution in [0.1, 0.15) is 38.5 Å². The van der Waals surface area contributed by atoms with Crippen molar-refractivity contribution in [2.24, 2.45) is 5.92 Å². The van der Waals surface area contributed by atoms with E-state index in [-0.39, 0.29) is 17.3 Å². The normalized spacial score (nSPS) is 26.5. The molecule has 2 rings (SSSR count). The van der Waals surface area contributed by atoms with Gasteiger partial charge in [-0.15, -0.1) is 0 Å². The molecule has 5 heteroatoms. The molecular formula is C16H25FN2O2. The van der Waals surface area contributed by atoms with Gasteiger partial charge in [0, 0.05) is 26.1 Å². The average molecular weight is 296 g/mol. The van der Waals surface area contributed by atoms with Crippen molar-refractivity contribution in [1.29, 1.82) is 0 Å². The fraction of sp³-hybridized carbons (Fsp3) is 0.688. The number of halogens is 1. The lowest BCUT2D eigenvalue weighted by Gasteiger charge is -2.40. The first-order valence-corrected chi connectivity index (χ1v) is 7.50.